The Balaban J connectivity index is 2.86. The summed E-state index contributed by atoms with van der Waals surface area (Å²) < 4.78 is 33.0. The lowest BCUT2D eigenvalue weighted by atomic mass is 10.2. The zero-order chi connectivity index (χ0) is 13.3. The maximum absolute atomic E-state index is 11.4. The topological polar surface area (TPSA) is 104 Å². The van der Waals surface area contributed by atoms with Crippen LogP contribution in [0.3, 0.4) is 0 Å². The molecule has 1 aromatic carbocycles. The fourth-order valence-electron chi connectivity index (χ4n) is 1.59. The van der Waals surface area contributed by atoms with Gasteiger partial charge in [0.15, 0.2) is 16.5 Å². The normalized spacial score (nSPS) is 11.5. The van der Waals surface area contributed by atoms with E-state index < -0.39 is 10.0 Å². The van der Waals surface area contributed by atoms with Gasteiger partial charge in [-0.05, 0) is 6.07 Å². The minimum Gasteiger partial charge on any atom is -0.493 e. The molecule has 0 amide bonds. The first-order valence-electron chi connectivity index (χ1n) is 4.87. The first-order valence-corrected chi connectivity index (χ1v) is 6.41. The molecule has 96 valence electrons. The molecule has 0 spiro atoms. The van der Waals surface area contributed by atoms with Gasteiger partial charge in [-0.1, -0.05) is 0 Å². The fraction of sp³-hybridized carbons (Fsp3) is 0.200. The first kappa shape index (κ1) is 12.5. The zero-order valence-electron chi connectivity index (χ0n) is 9.75. The third kappa shape index (κ3) is 2.07. The average Bonchev–Trinajstić information content (AvgIpc) is 2.35. The third-order valence-corrected chi connectivity index (χ3v) is 3.24. The second kappa shape index (κ2) is 4.39. The number of hydrogen-bond donors (Lipinski definition) is 1. The molecule has 0 unspecified atom stereocenters. The Hall–Kier alpha value is -1.93. The van der Waals surface area contributed by atoms with Crippen molar-refractivity contribution in [3.8, 4) is 11.5 Å². The predicted molar refractivity (Wildman–Crippen MR) is 64.0 cm³/mol. The largest absolute Gasteiger partial charge is 0.493 e. The Morgan fingerprint density at radius 3 is 2.28 bits per heavy atom. The average molecular weight is 269 g/mol. The minimum atomic E-state index is -3.92. The number of nitrogens with zero attached hydrogens (tertiary/aromatic N) is 2. The predicted octanol–water partition coefficient (Wildman–Crippen LogP) is 0.294. The Kier molecular flexibility index (Phi) is 3.05. The molecule has 0 bridgehead atoms. The van der Waals surface area contributed by atoms with E-state index in [0.29, 0.717) is 17.0 Å². The van der Waals surface area contributed by atoms with E-state index in [1.165, 1.54) is 20.3 Å². The summed E-state index contributed by atoms with van der Waals surface area (Å²) in [6.07, 6.45) is 1.13. The molecule has 0 fully saturated rings. The molecular weight excluding hydrogens is 258 g/mol. The van der Waals surface area contributed by atoms with E-state index in [1.807, 2.05) is 0 Å². The number of primary sulfonamides is 1. The van der Waals surface area contributed by atoms with Crippen molar-refractivity contribution in [3.05, 3.63) is 18.5 Å². The molecule has 2 aromatic rings. The van der Waals surface area contributed by atoms with Crippen molar-refractivity contribution < 1.29 is 17.9 Å². The summed E-state index contributed by atoms with van der Waals surface area (Å²) in [5.74, 6) is 0.828. The first-order chi connectivity index (χ1) is 8.47. The highest BCUT2D eigenvalue weighted by Crippen LogP contribution is 2.32. The number of sulfonamides is 1. The van der Waals surface area contributed by atoms with E-state index in [-0.39, 0.29) is 10.4 Å². The van der Waals surface area contributed by atoms with E-state index >= 15 is 0 Å². The molecule has 1 aromatic heterocycles. The van der Waals surface area contributed by atoms with E-state index in [9.17, 15) is 8.42 Å². The van der Waals surface area contributed by atoms with Crippen molar-refractivity contribution in [2.24, 2.45) is 5.14 Å². The molecule has 1 heterocycles. The Bertz CT molecular complexity index is 700. The van der Waals surface area contributed by atoms with Crippen LogP contribution in [-0.4, -0.2) is 32.6 Å². The standard InChI is InChI=1S/C10H11N3O4S/c1-16-8-3-6-7(4-9(8)17-2)12-5-13-10(6)18(11,14)15/h3-5H,1-2H3,(H2,11,14,15). The second-order valence-electron chi connectivity index (χ2n) is 3.45. The SMILES string of the molecule is COc1cc2ncnc(S(N)(=O)=O)c2cc1OC. The number of aromatic nitrogens is 2. The van der Waals surface area contributed by atoms with Gasteiger partial charge in [0, 0.05) is 11.5 Å². The Labute approximate surface area is 104 Å². The summed E-state index contributed by atoms with van der Waals surface area (Å²) in [7, 11) is -0.995. The minimum absolute atomic E-state index is 0.242. The number of rotatable bonds is 3. The molecule has 0 radical (unpaired) electrons. The summed E-state index contributed by atoms with van der Waals surface area (Å²) in [4.78, 5) is 7.66. The van der Waals surface area contributed by atoms with Crippen LogP contribution in [0.1, 0.15) is 0 Å². The van der Waals surface area contributed by atoms with Gasteiger partial charge in [0.25, 0.3) is 10.0 Å². The fourth-order valence-corrected chi connectivity index (χ4v) is 2.25. The molecule has 7 nitrogen and oxygen atoms in total. The highest BCUT2D eigenvalue weighted by molar-refractivity contribution is 7.89. The van der Waals surface area contributed by atoms with Gasteiger partial charge in [0.1, 0.15) is 6.33 Å². The highest BCUT2D eigenvalue weighted by Gasteiger charge is 2.17. The molecule has 0 saturated heterocycles. The smallest absolute Gasteiger partial charge is 0.256 e. The van der Waals surface area contributed by atoms with Gasteiger partial charge >= 0.3 is 0 Å². The number of fused-ring (bicyclic) bond motifs is 1. The van der Waals surface area contributed by atoms with Gasteiger partial charge < -0.3 is 9.47 Å². The van der Waals surface area contributed by atoms with Crippen LogP contribution in [0.5, 0.6) is 11.5 Å². The Morgan fingerprint density at radius 2 is 1.72 bits per heavy atom. The van der Waals surface area contributed by atoms with Gasteiger partial charge in [0.05, 0.1) is 19.7 Å². The van der Waals surface area contributed by atoms with Gasteiger partial charge in [-0.3, -0.25) is 0 Å². The lowest BCUT2D eigenvalue weighted by Gasteiger charge is -2.09. The van der Waals surface area contributed by atoms with Crippen LogP contribution in [0.4, 0.5) is 0 Å². The summed E-state index contributed by atoms with van der Waals surface area (Å²) >= 11 is 0. The van der Waals surface area contributed by atoms with Gasteiger partial charge in [-0.2, -0.15) is 0 Å². The van der Waals surface area contributed by atoms with E-state index in [2.05, 4.69) is 9.97 Å². The maximum atomic E-state index is 11.4. The van der Waals surface area contributed by atoms with Crippen molar-refractivity contribution in [3.63, 3.8) is 0 Å². The van der Waals surface area contributed by atoms with Gasteiger partial charge in [-0.25, -0.2) is 23.5 Å². The number of methoxy groups -OCH3 is 2. The van der Waals surface area contributed by atoms with Crippen molar-refractivity contribution in [2.75, 3.05) is 14.2 Å². The molecule has 2 rings (SSSR count). The second-order valence-corrected chi connectivity index (χ2v) is 4.92. The summed E-state index contributed by atoms with van der Waals surface area (Å²) in [6, 6.07) is 3.04. The summed E-state index contributed by atoms with van der Waals surface area (Å²) in [6.45, 7) is 0. The van der Waals surface area contributed by atoms with E-state index in [4.69, 9.17) is 14.6 Å². The van der Waals surface area contributed by atoms with Crippen LogP contribution in [0.25, 0.3) is 10.9 Å². The van der Waals surface area contributed by atoms with Crippen molar-refractivity contribution >= 4 is 20.9 Å². The number of ether oxygens (including phenoxy) is 2. The molecule has 0 saturated carbocycles. The van der Waals surface area contributed by atoms with Crippen LogP contribution >= 0.6 is 0 Å². The van der Waals surface area contributed by atoms with Gasteiger partial charge in [0.2, 0.25) is 0 Å². The lowest BCUT2D eigenvalue weighted by Crippen LogP contribution is -2.14. The molecule has 2 N–H and O–H groups in total. The molecule has 0 aliphatic carbocycles. The highest BCUT2D eigenvalue weighted by atomic mass is 32.2. The van der Waals surface area contributed by atoms with Crippen molar-refractivity contribution in [1.82, 2.24) is 9.97 Å². The molecule has 18 heavy (non-hydrogen) atoms. The monoisotopic (exact) mass is 269 g/mol. The maximum Gasteiger partial charge on any atom is 0.256 e. The van der Waals surface area contributed by atoms with Crippen LogP contribution < -0.4 is 14.6 Å². The summed E-state index contributed by atoms with van der Waals surface area (Å²) in [5, 5.41) is 5.14. The van der Waals surface area contributed by atoms with Crippen LogP contribution in [0.15, 0.2) is 23.5 Å². The number of hydrogen-bond acceptors (Lipinski definition) is 6. The lowest BCUT2D eigenvalue weighted by molar-refractivity contribution is 0.355. The molecule has 8 heteroatoms. The van der Waals surface area contributed by atoms with Crippen molar-refractivity contribution in [1.29, 1.82) is 0 Å². The number of benzene rings is 1. The molecule has 0 aliphatic rings. The Morgan fingerprint density at radius 1 is 1.11 bits per heavy atom. The summed E-state index contributed by atoms with van der Waals surface area (Å²) in [5.41, 5.74) is 0.409. The third-order valence-electron chi connectivity index (χ3n) is 2.37. The van der Waals surface area contributed by atoms with E-state index in [1.54, 1.807) is 6.07 Å². The van der Waals surface area contributed by atoms with Gasteiger partial charge in [-0.15, -0.1) is 0 Å². The van der Waals surface area contributed by atoms with Crippen molar-refractivity contribution in [2.45, 2.75) is 5.03 Å². The quantitative estimate of drug-likeness (QED) is 0.803. The van der Waals surface area contributed by atoms with Crippen LogP contribution in [0.2, 0.25) is 0 Å². The molecule has 0 aliphatic heterocycles. The number of nitrogens with two attached hydrogens (primary N) is 1. The molecule has 0 atom stereocenters. The van der Waals surface area contributed by atoms with Crippen LogP contribution in [0, 0.1) is 0 Å². The van der Waals surface area contributed by atoms with E-state index in [0.717, 1.165) is 6.33 Å². The molecular formula is C10H11N3O4S. The van der Waals surface area contributed by atoms with Crippen LogP contribution in [-0.2, 0) is 10.0 Å². The zero-order valence-corrected chi connectivity index (χ0v) is 10.6.